The number of hydrogen-bond donors (Lipinski definition) is 2. The quantitative estimate of drug-likeness (QED) is 0.752. The number of aromatic nitrogens is 2. The van der Waals surface area contributed by atoms with E-state index in [0.717, 1.165) is 24.8 Å². The van der Waals surface area contributed by atoms with Gasteiger partial charge in [0.2, 0.25) is 5.95 Å². The van der Waals surface area contributed by atoms with Gasteiger partial charge in [0.15, 0.2) is 0 Å². The van der Waals surface area contributed by atoms with E-state index in [1.807, 2.05) is 0 Å². The van der Waals surface area contributed by atoms with E-state index in [1.54, 1.807) is 6.07 Å². The van der Waals surface area contributed by atoms with Crippen molar-refractivity contribution in [3.63, 3.8) is 0 Å². The van der Waals surface area contributed by atoms with E-state index in [-0.39, 0.29) is 5.95 Å². The van der Waals surface area contributed by atoms with E-state index in [2.05, 4.69) is 21.8 Å². The summed E-state index contributed by atoms with van der Waals surface area (Å²) in [6, 6.07) is 1.79. The molecule has 0 radical (unpaired) electrons. The van der Waals surface area contributed by atoms with Crippen LogP contribution in [0.3, 0.4) is 0 Å². The molecule has 5 nitrogen and oxygen atoms in total. The molecule has 2 heterocycles. The first-order chi connectivity index (χ1) is 7.19. The van der Waals surface area contributed by atoms with Crippen molar-refractivity contribution >= 4 is 17.6 Å². The monoisotopic (exact) mass is 207 g/mol. The van der Waals surface area contributed by atoms with E-state index >= 15 is 0 Å². The van der Waals surface area contributed by atoms with Crippen LogP contribution in [-0.2, 0) is 0 Å². The van der Waals surface area contributed by atoms with Crippen LogP contribution in [0.25, 0.3) is 0 Å². The van der Waals surface area contributed by atoms with Crippen molar-refractivity contribution < 1.29 is 0 Å². The molecule has 1 aromatic heterocycles. The maximum Gasteiger partial charge on any atom is 0.223 e. The number of nitrogens with two attached hydrogens (primary N) is 2. The molecule has 15 heavy (non-hydrogen) atoms. The predicted octanol–water partition coefficient (Wildman–Crippen LogP) is 0.877. The topological polar surface area (TPSA) is 81.1 Å². The summed E-state index contributed by atoms with van der Waals surface area (Å²) < 4.78 is 0. The van der Waals surface area contributed by atoms with Gasteiger partial charge in [-0.05, 0) is 12.3 Å². The zero-order valence-electron chi connectivity index (χ0n) is 8.98. The zero-order valence-corrected chi connectivity index (χ0v) is 8.98. The summed E-state index contributed by atoms with van der Waals surface area (Å²) in [5.74, 6) is 2.32. The third-order valence-corrected chi connectivity index (χ3v) is 2.94. The lowest BCUT2D eigenvalue weighted by molar-refractivity contribution is 0.569. The highest BCUT2D eigenvalue weighted by atomic mass is 15.2. The second kappa shape index (κ2) is 3.92. The average Bonchev–Trinajstić information content (AvgIpc) is 2.64. The fraction of sp³-hybridized carbons (Fsp3) is 0.600. The van der Waals surface area contributed by atoms with Crippen molar-refractivity contribution in [1.29, 1.82) is 0 Å². The summed E-state index contributed by atoms with van der Waals surface area (Å²) in [5.41, 5.74) is 11.2. The molecule has 2 rings (SSSR count). The Morgan fingerprint density at radius 2 is 2.27 bits per heavy atom. The van der Waals surface area contributed by atoms with Gasteiger partial charge in [-0.3, -0.25) is 0 Å². The highest BCUT2D eigenvalue weighted by molar-refractivity contribution is 5.50. The van der Waals surface area contributed by atoms with E-state index < -0.39 is 0 Å². The minimum absolute atomic E-state index is 0.255. The van der Waals surface area contributed by atoms with Crippen molar-refractivity contribution in [2.24, 2.45) is 5.92 Å². The molecule has 1 fully saturated rings. The van der Waals surface area contributed by atoms with Crippen LogP contribution in [0.15, 0.2) is 6.07 Å². The molecule has 1 aliphatic heterocycles. The largest absolute Gasteiger partial charge is 0.383 e. The van der Waals surface area contributed by atoms with Crippen molar-refractivity contribution in [3.05, 3.63) is 6.07 Å². The summed E-state index contributed by atoms with van der Waals surface area (Å²) in [5, 5.41) is 0. The van der Waals surface area contributed by atoms with Gasteiger partial charge in [0.25, 0.3) is 0 Å². The van der Waals surface area contributed by atoms with E-state index in [9.17, 15) is 0 Å². The predicted molar refractivity (Wildman–Crippen MR) is 61.5 cm³/mol. The van der Waals surface area contributed by atoms with Crippen LogP contribution < -0.4 is 16.4 Å². The molecule has 1 aliphatic rings. The van der Waals surface area contributed by atoms with Crippen LogP contribution in [0.5, 0.6) is 0 Å². The Morgan fingerprint density at radius 1 is 1.47 bits per heavy atom. The van der Waals surface area contributed by atoms with Crippen LogP contribution in [0.4, 0.5) is 17.6 Å². The van der Waals surface area contributed by atoms with E-state index in [4.69, 9.17) is 11.5 Å². The van der Waals surface area contributed by atoms with Gasteiger partial charge in [-0.15, -0.1) is 0 Å². The van der Waals surface area contributed by atoms with E-state index in [0.29, 0.717) is 5.82 Å². The molecular formula is C10H17N5. The maximum absolute atomic E-state index is 5.64. The molecule has 0 saturated carbocycles. The molecule has 0 spiro atoms. The molecule has 0 amide bonds. The second-order valence-corrected chi connectivity index (χ2v) is 4.02. The fourth-order valence-electron chi connectivity index (χ4n) is 2.01. The Morgan fingerprint density at radius 3 is 2.87 bits per heavy atom. The minimum atomic E-state index is 0.255. The Hall–Kier alpha value is -1.52. The SMILES string of the molecule is CCC1CCN(c2cc(N)nc(N)n2)C1. The number of rotatable bonds is 2. The molecule has 5 heteroatoms. The minimum Gasteiger partial charge on any atom is -0.383 e. The van der Waals surface area contributed by atoms with Gasteiger partial charge in [0.05, 0.1) is 0 Å². The lowest BCUT2D eigenvalue weighted by Gasteiger charge is -2.17. The smallest absolute Gasteiger partial charge is 0.223 e. The molecule has 1 unspecified atom stereocenters. The first-order valence-corrected chi connectivity index (χ1v) is 5.34. The molecule has 1 atom stereocenters. The molecule has 0 bridgehead atoms. The summed E-state index contributed by atoms with van der Waals surface area (Å²) in [6.07, 6.45) is 2.44. The summed E-state index contributed by atoms with van der Waals surface area (Å²) in [7, 11) is 0. The maximum atomic E-state index is 5.64. The third kappa shape index (κ3) is 2.11. The van der Waals surface area contributed by atoms with Crippen LogP contribution >= 0.6 is 0 Å². The Kier molecular flexibility index (Phi) is 2.62. The standard InChI is InChI=1S/C10H17N5/c1-2-7-3-4-15(6-7)9-5-8(11)13-10(12)14-9/h5,7H,2-4,6H2,1H3,(H4,11,12,13,14). The second-order valence-electron chi connectivity index (χ2n) is 4.02. The first-order valence-electron chi connectivity index (χ1n) is 5.34. The van der Waals surface area contributed by atoms with Crippen molar-refractivity contribution in [1.82, 2.24) is 9.97 Å². The van der Waals surface area contributed by atoms with Crippen LogP contribution in [0.1, 0.15) is 19.8 Å². The Labute approximate surface area is 89.5 Å². The average molecular weight is 207 g/mol. The van der Waals surface area contributed by atoms with Gasteiger partial charge >= 0.3 is 0 Å². The lowest BCUT2D eigenvalue weighted by atomic mass is 10.1. The van der Waals surface area contributed by atoms with E-state index in [1.165, 1.54) is 12.8 Å². The normalized spacial score (nSPS) is 20.9. The third-order valence-electron chi connectivity index (χ3n) is 2.94. The summed E-state index contributed by atoms with van der Waals surface area (Å²) >= 11 is 0. The molecule has 1 saturated heterocycles. The van der Waals surface area contributed by atoms with Gasteiger partial charge in [-0.2, -0.15) is 9.97 Å². The molecule has 1 aromatic rings. The molecule has 0 aliphatic carbocycles. The summed E-state index contributed by atoms with van der Waals surface area (Å²) in [4.78, 5) is 10.3. The van der Waals surface area contributed by atoms with Crippen LogP contribution in [0.2, 0.25) is 0 Å². The summed E-state index contributed by atoms with van der Waals surface area (Å²) in [6.45, 7) is 4.30. The van der Waals surface area contributed by atoms with Crippen molar-refractivity contribution in [2.45, 2.75) is 19.8 Å². The number of nitrogen functional groups attached to an aromatic ring is 2. The Balaban J connectivity index is 2.16. The number of hydrogen-bond acceptors (Lipinski definition) is 5. The highest BCUT2D eigenvalue weighted by Crippen LogP contribution is 2.25. The molecule has 4 N–H and O–H groups in total. The van der Waals surface area contributed by atoms with Gasteiger partial charge in [-0.25, -0.2) is 0 Å². The van der Waals surface area contributed by atoms with Gasteiger partial charge in [0, 0.05) is 19.2 Å². The van der Waals surface area contributed by atoms with Gasteiger partial charge in [0.1, 0.15) is 11.6 Å². The van der Waals surface area contributed by atoms with Crippen molar-refractivity contribution in [2.75, 3.05) is 29.5 Å². The fourth-order valence-corrected chi connectivity index (χ4v) is 2.01. The van der Waals surface area contributed by atoms with Crippen LogP contribution in [0, 0.1) is 5.92 Å². The zero-order chi connectivity index (χ0) is 10.8. The number of nitrogens with zero attached hydrogens (tertiary/aromatic N) is 3. The molecule has 0 aromatic carbocycles. The van der Waals surface area contributed by atoms with Crippen molar-refractivity contribution in [3.8, 4) is 0 Å². The van der Waals surface area contributed by atoms with Gasteiger partial charge in [-0.1, -0.05) is 13.3 Å². The van der Waals surface area contributed by atoms with Crippen LogP contribution in [-0.4, -0.2) is 23.1 Å². The number of anilines is 3. The Bertz CT molecular complexity index is 331. The first kappa shape index (κ1) is 10.0. The highest BCUT2D eigenvalue weighted by Gasteiger charge is 2.22. The lowest BCUT2D eigenvalue weighted by Crippen LogP contribution is -2.21. The van der Waals surface area contributed by atoms with Gasteiger partial charge < -0.3 is 16.4 Å². The molecule has 82 valence electrons. The molecular weight excluding hydrogens is 190 g/mol.